The molecule has 4 heteroatoms. The molecule has 1 atom stereocenters. The van der Waals surface area contributed by atoms with Crippen molar-refractivity contribution in [3.63, 3.8) is 0 Å². The van der Waals surface area contributed by atoms with Gasteiger partial charge in [-0.2, -0.15) is 0 Å². The third-order valence-electron chi connectivity index (χ3n) is 2.90. The second-order valence-corrected chi connectivity index (χ2v) is 6.52. The lowest BCUT2D eigenvalue weighted by Gasteiger charge is -2.25. The highest BCUT2D eigenvalue weighted by atomic mass is 79.9. The van der Waals surface area contributed by atoms with Gasteiger partial charge in [-0.1, -0.05) is 19.9 Å². The minimum absolute atomic E-state index is 0.493. The molecular weight excluding hydrogens is 306 g/mol. The van der Waals surface area contributed by atoms with E-state index in [9.17, 15) is 5.11 Å². The van der Waals surface area contributed by atoms with E-state index in [4.69, 9.17) is 4.74 Å². The summed E-state index contributed by atoms with van der Waals surface area (Å²) in [4.78, 5) is 0. The Labute approximate surface area is 124 Å². The average molecular weight is 330 g/mol. The summed E-state index contributed by atoms with van der Waals surface area (Å²) in [5.74, 6) is 1.32. The quantitative estimate of drug-likeness (QED) is 0.806. The number of rotatable bonds is 7. The summed E-state index contributed by atoms with van der Waals surface area (Å²) in [7, 11) is 1.65. The first-order chi connectivity index (χ1) is 8.84. The van der Waals surface area contributed by atoms with Gasteiger partial charge in [0, 0.05) is 13.1 Å². The molecule has 0 aliphatic rings. The van der Waals surface area contributed by atoms with E-state index >= 15 is 0 Å². The maximum absolute atomic E-state index is 10.2. The summed E-state index contributed by atoms with van der Waals surface area (Å²) in [5, 5.41) is 13.5. The number of hydrogen-bond acceptors (Lipinski definition) is 3. The van der Waals surface area contributed by atoms with Crippen molar-refractivity contribution in [3.05, 3.63) is 28.2 Å². The van der Waals surface area contributed by atoms with Gasteiger partial charge in [-0.3, -0.25) is 0 Å². The third kappa shape index (κ3) is 5.93. The molecule has 19 heavy (non-hydrogen) atoms. The predicted octanol–water partition coefficient (Wildman–Crippen LogP) is 3.34. The smallest absolute Gasteiger partial charge is 0.133 e. The van der Waals surface area contributed by atoms with Gasteiger partial charge in [0.2, 0.25) is 0 Å². The minimum Gasteiger partial charge on any atom is -0.496 e. The molecule has 0 saturated heterocycles. The molecule has 0 amide bonds. The highest BCUT2D eigenvalue weighted by Crippen LogP contribution is 2.25. The van der Waals surface area contributed by atoms with Gasteiger partial charge in [-0.25, -0.2) is 0 Å². The van der Waals surface area contributed by atoms with E-state index in [1.54, 1.807) is 7.11 Å². The zero-order valence-corrected chi connectivity index (χ0v) is 13.8. The summed E-state index contributed by atoms with van der Waals surface area (Å²) in [6.07, 6.45) is 0.798. The Hall–Kier alpha value is -0.580. The van der Waals surface area contributed by atoms with Gasteiger partial charge in [-0.05, 0) is 52.9 Å². The standard InChI is InChI=1S/C15H24BrNO2/c1-11(2)8-15(3,18)10-17-9-12-5-6-14(19-4)13(16)7-12/h5-7,11,17-18H,8-10H2,1-4H3. The van der Waals surface area contributed by atoms with Gasteiger partial charge in [0.05, 0.1) is 17.2 Å². The topological polar surface area (TPSA) is 41.5 Å². The van der Waals surface area contributed by atoms with Crippen LogP contribution in [-0.2, 0) is 6.54 Å². The molecule has 0 radical (unpaired) electrons. The predicted molar refractivity (Wildman–Crippen MR) is 82.5 cm³/mol. The Morgan fingerprint density at radius 1 is 1.42 bits per heavy atom. The van der Waals surface area contributed by atoms with E-state index in [1.807, 2.05) is 25.1 Å². The first-order valence-corrected chi connectivity index (χ1v) is 7.39. The largest absolute Gasteiger partial charge is 0.496 e. The molecule has 0 heterocycles. The van der Waals surface area contributed by atoms with Crippen molar-refractivity contribution >= 4 is 15.9 Å². The molecule has 1 aromatic carbocycles. The van der Waals surface area contributed by atoms with Crippen LogP contribution in [0.4, 0.5) is 0 Å². The number of aliphatic hydroxyl groups is 1. The van der Waals surface area contributed by atoms with E-state index in [2.05, 4.69) is 35.1 Å². The Balaban J connectivity index is 2.47. The van der Waals surface area contributed by atoms with E-state index in [0.717, 1.165) is 28.8 Å². The lowest BCUT2D eigenvalue weighted by Crippen LogP contribution is -2.38. The fourth-order valence-corrected chi connectivity index (χ4v) is 2.84. The SMILES string of the molecule is COc1ccc(CNCC(C)(O)CC(C)C)cc1Br. The van der Waals surface area contributed by atoms with Gasteiger partial charge in [0.15, 0.2) is 0 Å². The van der Waals surface area contributed by atoms with Crippen LogP contribution >= 0.6 is 15.9 Å². The Kier molecular flexibility index (Phi) is 6.30. The van der Waals surface area contributed by atoms with Crippen LogP contribution in [0, 0.1) is 5.92 Å². The van der Waals surface area contributed by atoms with Gasteiger partial charge in [0.25, 0.3) is 0 Å². The number of benzene rings is 1. The first kappa shape index (κ1) is 16.5. The minimum atomic E-state index is -0.655. The zero-order chi connectivity index (χ0) is 14.5. The van der Waals surface area contributed by atoms with Crippen molar-refractivity contribution in [1.29, 1.82) is 0 Å². The molecule has 1 rings (SSSR count). The molecule has 0 bridgehead atoms. The maximum atomic E-state index is 10.2. The van der Waals surface area contributed by atoms with Crippen LogP contribution in [0.5, 0.6) is 5.75 Å². The molecule has 0 saturated carbocycles. The highest BCUT2D eigenvalue weighted by molar-refractivity contribution is 9.10. The van der Waals surface area contributed by atoms with Gasteiger partial charge >= 0.3 is 0 Å². The summed E-state index contributed by atoms with van der Waals surface area (Å²) in [6.45, 7) is 7.44. The van der Waals surface area contributed by atoms with E-state index in [1.165, 1.54) is 0 Å². The summed E-state index contributed by atoms with van der Waals surface area (Å²) in [5.41, 5.74) is 0.505. The number of hydrogen-bond donors (Lipinski definition) is 2. The third-order valence-corrected chi connectivity index (χ3v) is 3.52. The summed E-state index contributed by atoms with van der Waals surface area (Å²) in [6, 6.07) is 5.99. The summed E-state index contributed by atoms with van der Waals surface area (Å²) >= 11 is 3.47. The van der Waals surface area contributed by atoms with Crippen LogP contribution in [0.2, 0.25) is 0 Å². The molecule has 0 fully saturated rings. The lowest BCUT2D eigenvalue weighted by molar-refractivity contribution is 0.0383. The molecule has 0 aliphatic heterocycles. The normalized spacial score (nSPS) is 14.5. The fourth-order valence-electron chi connectivity index (χ4n) is 2.25. The molecule has 0 aliphatic carbocycles. The second kappa shape index (κ2) is 7.27. The van der Waals surface area contributed by atoms with Crippen LogP contribution in [-0.4, -0.2) is 24.4 Å². The Morgan fingerprint density at radius 3 is 2.63 bits per heavy atom. The lowest BCUT2D eigenvalue weighted by atomic mass is 9.94. The molecule has 3 nitrogen and oxygen atoms in total. The van der Waals surface area contributed by atoms with Crippen LogP contribution in [0.1, 0.15) is 32.8 Å². The monoisotopic (exact) mass is 329 g/mol. The zero-order valence-electron chi connectivity index (χ0n) is 12.2. The van der Waals surface area contributed by atoms with Gasteiger partial charge in [0.1, 0.15) is 5.75 Å². The van der Waals surface area contributed by atoms with Crippen LogP contribution in [0.25, 0.3) is 0 Å². The molecule has 2 N–H and O–H groups in total. The van der Waals surface area contributed by atoms with Crippen LogP contribution in [0.3, 0.4) is 0 Å². The number of nitrogens with one attached hydrogen (secondary N) is 1. The summed E-state index contributed by atoms with van der Waals surface area (Å²) < 4.78 is 6.14. The number of methoxy groups -OCH3 is 1. The van der Waals surface area contributed by atoms with Gasteiger partial charge < -0.3 is 15.2 Å². The second-order valence-electron chi connectivity index (χ2n) is 5.67. The van der Waals surface area contributed by atoms with Crippen LogP contribution < -0.4 is 10.1 Å². The number of ether oxygens (including phenoxy) is 1. The molecular formula is C15H24BrNO2. The Morgan fingerprint density at radius 2 is 2.11 bits per heavy atom. The van der Waals surface area contributed by atoms with Crippen molar-refractivity contribution in [2.75, 3.05) is 13.7 Å². The van der Waals surface area contributed by atoms with E-state index in [0.29, 0.717) is 12.5 Å². The average Bonchev–Trinajstić information content (AvgIpc) is 2.27. The fraction of sp³-hybridized carbons (Fsp3) is 0.600. The van der Waals surface area contributed by atoms with E-state index in [-0.39, 0.29) is 0 Å². The van der Waals surface area contributed by atoms with Crippen molar-refractivity contribution < 1.29 is 9.84 Å². The van der Waals surface area contributed by atoms with Crippen molar-refractivity contribution in [1.82, 2.24) is 5.32 Å². The molecule has 1 unspecified atom stereocenters. The van der Waals surface area contributed by atoms with Crippen LogP contribution in [0.15, 0.2) is 22.7 Å². The van der Waals surface area contributed by atoms with E-state index < -0.39 is 5.60 Å². The molecule has 1 aromatic rings. The molecule has 108 valence electrons. The van der Waals surface area contributed by atoms with Crippen molar-refractivity contribution in [2.45, 2.75) is 39.3 Å². The van der Waals surface area contributed by atoms with Crippen molar-refractivity contribution in [3.8, 4) is 5.75 Å². The maximum Gasteiger partial charge on any atom is 0.133 e. The first-order valence-electron chi connectivity index (χ1n) is 6.59. The molecule has 0 spiro atoms. The Bertz CT molecular complexity index is 405. The van der Waals surface area contributed by atoms with Gasteiger partial charge in [-0.15, -0.1) is 0 Å². The number of halogens is 1. The highest BCUT2D eigenvalue weighted by Gasteiger charge is 2.21. The molecule has 0 aromatic heterocycles. The van der Waals surface area contributed by atoms with Crippen molar-refractivity contribution in [2.24, 2.45) is 5.92 Å².